The number of hydrogen-bond donors (Lipinski definition) is 1. The molecule has 2 aliphatic rings. The summed E-state index contributed by atoms with van der Waals surface area (Å²) in [7, 11) is 1.21. The van der Waals surface area contributed by atoms with Gasteiger partial charge in [0.25, 0.3) is 5.91 Å². The lowest BCUT2D eigenvalue weighted by atomic mass is 9.93. The monoisotopic (exact) mass is 906 g/mol. The van der Waals surface area contributed by atoms with Crippen LogP contribution >= 0.6 is 57.6 Å². The second kappa shape index (κ2) is 17.2. The van der Waals surface area contributed by atoms with Crippen molar-refractivity contribution in [1.82, 2.24) is 10.2 Å². The highest BCUT2D eigenvalue weighted by Crippen LogP contribution is 2.56. The van der Waals surface area contributed by atoms with E-state index >= 15 is 9.59 Å². The van der Waals surface area contributed by atoms with Crippen LogP contribution < -0.4 is 21.2 Å². The van der Waals surface area contributed by atoms with E-state index in [1.54, 1.807) is 38.1 Å². The summed E-state index contributed by atoms with van der Waals surface area (Å²) < 4.78 is 34.9. The average molecular weight is 909 g/mol. The molecule has 1 unspecified atom stereocenters. The fraction of sp³-hybridized carbons (Fsp3) is 0.300. The van der Waals surface area contributed by atoms with Gasteiger partial charge in [-0.25, -0.2) is 14.5 Å². The molecule has 2 aliphatic heterocycles. The molecule has 2 fully saturated rings. The van der Waals surface area contributed by atoms with Crippen molar-refractivity contribution in [3.8, 4) is 0 Å². The number of nitrogens with one attached hydrogen (secondary N) is 1. The Bertz CT molecular complexity index is 1970. The fourth-order valence-electron chi connectivity index (χ4n) is 6.79. The zero-order chi connectivity index (χ0) is 40.2. The fourth-order valence-corrected chi connectivity index (χ4v) is 11.7. The van der Waals surface area contributed by atoms with E-state index in [2.05, 4.69) is 21.2 Å². The van der Waals surface area contributed by atoms with Gasteiger partial charge >= 0.3 is 23.7 Å². The van der Waals surface area contributed by atoms with Crippen LogP contribution in [0, 0.1) is 0 Å². The van der Waals surface area contributed by atoms with E-state index in [0.717, 1.165) is 4.90 Å². The predicted octanol–water partition coefficient (Wildman–Crippen LogP) is 6.70. The smallest absolute Gasteiger partial charge is 0.410 e. The average Bonchev–Trinajstić information content (AvgIpc) is 3.19. The third-order valence-electron chi connectivity index (χ3n) is 8.99. The van der Waals surface area contributed by atoms with Gasteiger partial charge in [-0.05, 0) is 35.3 Å². The van der Waals surface area contributed by atoms with Gasteiger partial charge in [-0.3, -0.25) is 19.6 Å². The summed E-state index contributed by atoms with van der Waals surface area (Å²) in [6, 6.07) is 36.6. The molecule has 4 aromatic carbocycles. The lowest BCUT2D eigenvalue weighted by molar-refractivity contribution is -0.532. The number of halogens is 4. The molecule has 0 aliphatic carbocycles. The lowest BCUT2D eigenvalue weighted by Gasteiger charge is -2.64. The Kier molecular flexibility index (Phi) is 13.0. The normalized spacial score (nSPS) is 21.9. The summed E-state index contributed by atoms with van der Waals surface area (Å²) in [6.07, 6.45) is -1.85. The van der Waals surface area contributed by atoms with E-state index in [9.17, 15) is 4.79 Å². The number of carbonyl (C=O) groups excluding carboxylic acids is 3. The van der Waals surface area contributed by atoms with Gasteiger partial charge < -0.3 is 18.9 Å². The number of esters is 1. The van der Waals surface area contributed by atoms with Crippen molar-refractivity contribution in [3.63, 3.8) is 0 Å². The third kappa shape index (κ3) is 8.14. The van der Waals surface area contributed by atoms with Gasteiger partial charge in [-0.2, -0.15) is 0 Å². The number of methoxy groups -OCH3 is 1. The van der Waals surface area contributed by atoms with Crippen LogP contribution in [0.3, 0.4) is 0 Å². The Balaban J connectivity index is 1.69. The van der Waals surface area contributed by atoms with E-state index < -0.39 is 59.0 Å². The zero-order valence-electron chi connectivity index (χ0n) is 30.5. The van der Waals surface area contributed by atoms with E-state index in [1.165, 1.54) is 7.11 Å². The molecule has 16 heteroatoms. The van der Waals surface area contributed by atoms with Gasteiger partial charge in [-0.1, -0.05) is 172 Å². The maximum absolute atomic E-state index is 15.4. The summed E-state index contributed by atoms with van der Waals surface area (Å²) in [6.45, 7) is -1.17. The number of likely N-dealkylation sites (tertiary alicyclic amines) is 1. The molecule has 1 N–H and O–H groups in total. The highest BCUT2D eigenvalue weighted by Gasteiger charge is 2.82. The first-order valence-corrected chi connectivity index (χ1v) is 21.5. The molecule has 4 aromatic rings. The van der Waals surface area contributed by atoms with Crippen LogP contribution in [0.5, 0.6) is 0 Å². The third-order valence-corrected chi connectivity index (χ3v) is 14.0. The van der Waals surface area contributed by atoms with Crippen LogP contribution in [0.2, 0.25) is 0 Å². The minimum Gasteiger partial charge on any atom is -0.456 e. The SMILES string of the molecule is CO[C@]1(NC(=O)OCc2ccccc2)C(=O)N(C(C(=O)OCC(Cl)(Cl)Cl)=P(c2ccccc2)(c2ccccc2)c2ccccc2)[C@]12OC(CCBr)OC(C)(C)O2. The molecule has 2 saturated heterocycles. The van der Waals surface area contributed by atoms with Gasteiger partial charge in [0.05, 0.1) is 0 Å². The first kappa shape index (κ1) is 42.2. The van der Waals surface area contributed by atoms with Crippen LogP contribution in [0.25, 0.3) is 0 Å². The topological polar surface area (TPSA) is 122 Å². The van der Waals surface area contributed by atoms with Crippen molar-refractivity contribution >= 4 is 96.9 Å². The van der Waals surface area contributed by atoms with E-state index in [4.69, 9.17) is 63.2 Å². The molecule has 11 nitrogen and oxygen atoms in total. The number of benzene rings is 4. The first-order valence-electron chi connectivity index (χ1n) is 17.4. The molecular formula is C40H39BrCl3N2O9P. The molecule has 2 heterocycles. The second-order valence-electron chi connectivity index (χ2n) is 13.1. The number of alkyl halides is 4. The van der Waals surface area contributed by atoms with Crippen molar-refractivity contribution in [2.75, 3.05) is 19.0 Å². The molecule has 3 atom stereocenters. The number of alkyl carbamates (subject to hydrolysis) is 1. The number of hydrogen-bond acceptors (Lipinski definition) is 9. The van der Waals surface area contributed by atoms with Crippen molar-refractivity contribution in [1.29, 1.82) is 0 Å². The summed E-state index contributed by atoms with van der Waals surface area (Å²) in [5, 5.41) is 4.95. The van der Waals surface area contributed by atoms with E-state index in [0.29, 0.717) is 26.8 Å². The number of ether oxygens (including phenoxy) is 6. The molecule has 0 radical (unpaired) electrons. The van der Waals surface area contributed by atoms with Crippen molar-refractivity contribution in [2.24, 2.45) is 0 Å². The highest BCUT2D eigenvalue weighted by atomic mass is 79.9. The Labute approximate surface area is 348 Å². The number of rotatable bonds is 12. The summed E-state index contributed by atoms with van der Waals surface area (Å²) >= 11 is 21.9. The van der Waals surface area contributed by atoms with Gasteiger partial charge in [0.2, 0.25) is 3.79 Å². The molecule has 0 aromatic heterocycles. The Morgan fingerprint density at radius 2 is 1.32 bits per heavy atom. The number of nitrogens with zero attached hydrogens (tertiary/aromatic N) is 1. The van der Waals surface area contributed by atoms with Gasteiger partial charge in [0.15, 0.2) is 12.1 Å². The molecule has 6 rings (SSSR count). The second-order valence-corrected chi connectivity index (χ2v) is 19.8. The summed E-state index contributed by atoms with van der Waals surface area (Å²) in [5.41, 5.74) is -1.98. The molecule has 296 valence electrons. The maximum atomic E-state index is 15.4. The minimum atomic E-state index is -3.58. The molecule has 0 saturated carbocycles. The van der Waals surface area contributed by atoms with E-state index in [1.807, 2.05) is 97.1 Å². The van der Waals surface area contributed by atoms with Crippen molar-refractivity contribution < 1.29 is 42.8 Å². The van der Waals surface area contributed by atoms with Crippen LogP contribution in [-0.4, -0.2) is 74.8 Å². The molecule has 2 amide bonds. The van der Waals surface area contributed by atoms with Crippen molar-refractivity contribution in [2.45, 2.75) is 54.4 Å². The molecule has 56 heavy (non-hydrogen) atoms. The Morgan fingerprint density at radius 3 is 1.79 bits per heavy atom. The Hall–Kier alpha value is -3.42. The van der Waals surface area contributed by atoms with Crippen LogP contribution in [-0.2, 0) is 44.6 Å². The van der Waals surface area contributed by atoms with Crippen LogP contribution in [0.15, 0.2) is 121 Å². The summed E-state index contributed by atoms with van der Waals surface area (Å²) in [5.74, 6) is -5.92. The molecule has 1 spiro atoms. The zero-order valence-corrected chi connectivity index (χ0v) is 35.3. The van der Waals surface area contributed by atoms with E-state index in [-0.39, 0.29) is 18.4 Å². The molecular weight excluding hydrogens is 870 g/mol. The molecule has 0 bridgehead atoms. The lowest BCUT2D eigenvalue weighted by Crippen LogP contribution is -2.93. The Morgan fingerprint density at radius 1 is 0.821 bits per heavy atom. The van der Waals surface area contributed by atoms with Crippen molar-refractivity contribution in [3.05, 3.63) is 127 Å². The number of amides is 2. The first-order chi connectivity index (χ1) is 26.7. The number of carbonyl (C=O) groups is 3. The van der Waals surface area contributed by atoms with Gasteiger partial charge in [0.1, 0.15) is 18.6 Å². The predicted molar refractivity (Wildman–Crippen MR) is 220 cm³/mol. The van der Waals surface area contributed by atoms with Gasteiger partial charge in [0, 0.05) is 25.7 Å². The minimum absolute atomic E-state index is 0.134. The van der Waals surface area contributed by atoms with Crippen LogP contribution in [0.1, 0.15) is 25.8 Å². The largest absolute Gasteiger partial charge is 0.456 e. The quantitative estimate of drug-likeness (QED) is 0.0545. The highest BCUT2D eigenvalue weighted by molar-refractivity contribution is 9.09. The standard InChI is InChI=1S/C40H39BrCl3N2O9P/c1-37(2)53-32(24-25-41)54-40(55-37)39(50-3,45-36(49)51-26-28-16-8-4-9-17-28)35(48)46(40)33(34(47)52-27-38(42,43)44)56(29-18-10-5-11-19-29,30-20-12-6-13-21-30)31-22-14-7-15-23-31/h4-23,32H,24-27H2,1-3H3,(H,45,49)/t32?,39-,40+/m1/s1. The van der Waals surface area contributed by atoms with Crippen LogP contribution in [0.4, 0.5) is 4.79 Å². The summed E-state index contributed by atoms with van der Waals surface area (Å²) in [4.78, 5) is 45.4. The number of β-lactam (4-membered cyclic amide) rings is 1. The maximum Gasteiger partial charge on any atom is 0.410 e. The van der Waals surface area contributed by atoms with Gasteiger partial charge in [-0.15, -0.1) is 0 Å².